The molecule has 200 valence electrons. The van der Waals surface area contributed by atoms with Gasteiger partial charge in [-0.3, -0.25) is 14.4 Å². The third-order valence-corrected chi connectivity index (χ3v) is 8.16. The fraction of sp³-hybridized carbons (Fsp3) is 0.536. The van der Waals surface area contributed by atoms with E-state index in [2.05, 4.69) is 13.2 Å². The summed E-state index contributed by atoms with van der Waals surface area (Å²) >= 11 is 0. The monoisotopic (exact) mass is 512 g/mol. The Hall–Kier alpha value is -3.17. The third kappa shape index (κ3) is 4.14. The number of aliphatic hydroxyl groups excluding tert-OH is 1. The standard InChI is InChI=1S/C28H36N2O7/c1-6-13-29(19-9-11-20(35-5)12-10-19)25(33)23-28-17-18(3)27(4,37-28)22(26(34)36-16-7-2)21(28)24(32)30(23)14-8-15-31/h6-7,9-12,18,21-23,31H,1-2,8,13-17H2,3-5H3/t18?,21-,22-,23?,27+,28?/m0/s1. The van der Waals surface area contributed by atoms with Crippen LogP contribution in [0.3, 0.4) is 0 Å². The van der Waals surface area contributed by atoms with Gasteiger partial charge in [-0.05, 0) is 49.9 Å². The molecule has 2 amide bonds. The van der Waals surface area contributed by atoms with Crippen LogP contribution in [-0.2, 0) is 23.9 Å². The van der Waals surface area contributed by atoms with Gasteiger partial charge in [0.2, 0.25) is 5.91 Å². The molecule has 0 radical (unpaired) electrons. The Bertz CT molecular complexity index is 1070. The van der Waals surface area contributed by atoms with Crippen molar-refractivity contribution in [2.45, 2.75) is 43.9 Å². The van der Waals surface area contributed by atoms with Crippen molar-refractivity contribution < 1.29 is 33.7 Å². The van der Waals surface area contributed by atoms with Crippen LogP contribution in [0, 0.1) is 17.8 Å². The van der Waals surface area contributed by atoms with E-state index in [1.807, 2.05) is 13.8 Å². The van der Waals surface area contributed by atoms with Crippen molar-refractivity contribution in [2.24, 2.45) is 17.8 Å². The first-order chi connectivity index (χ1) is 17.7. The molecule has 1 N–H and O–H groups in total. The number of hydrogen-bond acceptors (Lipinski definition) is 7. The summed E-state index contributed by atoms with van der Waals surface area (Å²) in [6.07, 6.45) is 3.84. The number of esters is 1. The van der Waals surface area contributed by atoms with E-state index in [0.717, 1.165) is 0 Å². The van der Waals surface area contributed by atoms with Crippen molar-refractivity contribution in [2.75, 3.05) is 38.3 Å². The summed E-state index contributed by atoms with van der Waals surface area (Å²) in [4.78, 5) is 44.7. The minimum Gasteiger partial charge on any atom is -0.497 e. The van der Waals surface area contributed by atoms with Crippen molar-refractivity contribution in [3.63, 3.8) is 0 Å². The van der Waals surface area contributed by atoms with Crippen molar-refractivity contribution >= 4 is 23.5 Å². The number of ether oxygens (including phenoxy) is 3. The molecular formula is C28H36N2O7. The van der Waals surface area contributed by atoms with Crippen LogP contribution in [0.1, 0.15) is 26.7 Å². The molecule has 0 saturated carbocycles. The van der Waals surface area contributed by atoms with Gasteiger partial charge in [0.15, 0.2) is 0 Å². The number of nitrogens with zero attached hydrogens (tertiary/aromatic N) is 2. The summed E-state index contributed by atoms with van der Waals surface area (Å²) in [5.41, 5.74) is -1.53. The molecule has 2 bridgehead atoms. The molecule has 1 spiro atoms. The van der Waals surface area contributed by atoms with Crippen molar-refractivity contribution in [3.05, 3.63) is 49.6 Å². The van der Waals surface area contributed by atoms with E-state index in [4.69, 9.17) is 14.2 Å². The first-order valence-electron chi connectivity index (χ1n) is 12.7. The number of fused-ring (bicyclic) bond motifs is 1. The number of likely N-dealkylation sites (tertiary alicyclic amines) is 1. The second kappa shape index (κ2) is 10.3. The van der Waals surface area contributed by atoms with Gasteiger partial charge in [-0.15, -0.1) is 6.58 Å². The normalized spacial score (nSPS) is 31.7. The van der Waals surface area contributed by atoms with Crippen LogP contribution in [0.4, 0.5) is 5.69 Å². The van der Waals surface area contributed by atoms with Crippen LogP contribution in [0.5, 0.6) is 5.75 Å². The molecule has 6 atom stereocenters. The predicted molar refractivity (Wildman–Crippen MR) is 137 cm³/mol. The van der Waals surface area contributed by atoms with Crippen LogP contribution >= 0.6 is 0 Å². The fourth-order valence-electron chi connectivity index (χ4n) is 6.45. The van der Waals surface area contributed by atoms with E-state index in [1.165, 1.54) is 11.0 Å². The second-order valence-corrected chi connectivity index (χ2v) is 10.2. The van der Waals surface area contributed by atoms with Gasteiger partial charge in [-0.2, -0.15) is 0 Å². The lowest BCUT2D eigenvalue weighted by Gasteiger charge is -2.37. The molecule has 3 fully saturated rings. The van der Waals surface area contributed by atoms with E-state index < -0.39 is 35.0 Å². The second-order valence-electron chi connectivity index (χ2n) is 10.2. The maximum Gasteiger partial charge on any atom is 0.313 e. The van der Waals surface area contributed by atoms with E-state index in [9.17, 15) is 19.5 Å². The zero-order valence-electron chi connectivity index (χ0n) is 21.7. The number of rotatable bonds is 11. The average molecular weight is 513 g/mol. The molecule has 9 nitrogen and oxygen atoms in total. The van der Waals surface area contributed by atoms with Gasteiger partial charge in [0, 0.05) is 25.4 Å². The van der Waals surface area contributed by atoms with E-state index in [1.54, 1.807) is 42.4 Å². The Kier molecular flexibility index (Phi) is 7.48. The van der Waals surface area contributed by atoms with Crippen molar-refractivity contribution in [1.29, 1.82) is 0 Å². The van der Waals surface area contributed by atoms with Gasteiger partial charge in [0.05, 0.1) is 18.6 Å². The fourth-order valence-corrected chi connectivity index (χ4v) is 6.45. The highest BCUT2D eigenvalue weighted by Gasteiger charge is 2.80. The summed E-state index contributed by atoms with van der Waals surface area (Å²) in [6.45, 7) is 11.5. The molecule has 37 heavy (non-hydrogen) atoms. The van der Waals surface area contributed by atoms with E-state index in [0.29, 0.717) is 24.3 Å². The molecule has 3 aliphatic rings. The average Bonchev–Trinajstić information content (AvgIpc) is 3.40. The van der Waals surface area contributed by atoms with Gasteiger partial charge < -0.3 is 29.1 Å². The van der Waals surface area contributed by atoms with Gasteiger partial charge >= 0.3 is 5.97 Å². The molecule has 3 unspecified atom stereocenters. The maximum atomic E-state index is 14.4. The molecule has 1 aromatic rings. The number of hydrogen-bond donors (Lipinski definition) is 1. The Balaban J connectivity index is 1.79. The van der Waals surface area contributed by atoms with Crippen molar-refractivity contribution in [1.82, 2.24) is 4.90 Å². The zero-order valence-corrected chi connectivity index (χ0v) is 21.7. The largest absolute Gasteiger partial charge is 0.497 e. The van der Waals surface area contributed by atoms with Crippen LogP contribution < -0.4 is 9.64 Å². The molecule has 4 rings (SSSR count). The highest BCUT2D eigenvalue weighted by atomic mass is 16.6. The van der Waals surface area contributed by atoms with Crippen molar-refractivity contribution in [3.8, 4) is 5.75 Å². The first-order valence-corrected chi connectivity index (χ1v) is 12.7. The molecule has 3 aliphatic heterocycles. The number of amides is 2. The Morgan fingerprint density at radius 2 is 1.97 bits per heavy atom. The highest BCUT2D eigenvalue weighted by molar-refractivity contribution is 6.04. The number of benzene rings is 1. The van der Waals surface area contributed by atoms with Crippen LogP contribution in [-0.4, -0.2) is 78.4 Å². The number of methoxy groups -OCH3 is 1. The lowest BCUT2D eigenvalue weighted by Crippen LogP contribution is -2.57. The molecular weight excluding hydrogens is 476 g/mol. The first kappa shape index (κ1) is 26.9. The summed E-state index contributed by atoms with van der Waals surface area (Å²) in [7, 11) is 1.57. The number of carbonyl (C=O) groups is 3. The Labute approximate surface area is 217 Å². The van der Waals surface area contributed by atoms with Crippen LogP contribution in [0.15, 0.2) is 49.6 Å². The van der Waals surface area contributed by atoms with E-state index >= 15 is 0 Å². The maximum absolute atomic E-state index is 14.4. The van der Waals surface area contributed by atoms with Gasteiger partial charge in [0.1, 0.15) is 29.9 Å². The van der Waals surface area contributed by atoms with Gasteiger partial charge in [-0.1, -0.05) is 25.7 Å². The van der Waals surface area contributed by atoms with E-state index in [-0.39, 0.29) is 44.0 Å². The summed E-state index contributed by atoms with van der Waals surface area (Å²) in [5, 5.41) is 9.54. The lowest BCUT2D eigenvalue weighted by molar-refractivity contribution is -0.160. The van der Waals surface area contributed by atoms with Crippen LogP contribution in [0.2, 0.25) is 0 Å². The highest BCUT2D eigenvalue weighted by Crippen LogP contribution is 2.65. The molecule has 0 aromatic heterocycles. The Morgan fingerprint density at radius 1 is 1.27 bits per heavy atom. The zero-order chi connectivity index (χ0) is 27.0. The molecule has 1 aromatic carbocycles. The van der Waals surface area contributed by atoms with Gasteiger partial charge in [-0.25, -0.2) is 0 Å². The summed E-state index contributed by atoms with van der Waals surface area (Å²) in [5.74, 6) is -2.34. The molecule has 9 heteroatoms. The SMILES string of the molecule is C=CCOC(=O)[C@@H]1[C@H]2C(=O)N(CCCO)C(C(=O)N(CC=C)c3ccc(OC)cc3)C23CC(C)[C@@]1(C)O3. The smallest absolute Gasteiger partial charge is 0.313 e. The lowest BCUT2D eigenvalue weighted by atomic mass is 9.62. The minimum absolute atomic E-state index is 0.0227. The quantitative estimate of drug-likeness (QED) is 0.358. The minimum atomic E-state index is -1.19. The van der Waals surface area contributed by atoms with Gasteiger partial charge in [0.25, 0.3) is 5.91 Å². The predicted octanol–water partition coefficient (Wildman–Crippen LogP) is 2.34. The molecule has 0 aliphatic carbocycles. The third-order valence-electron chi connectivity index (χ3n) is 8.16. The number of carbonyl (C=O) groups excluding carboxylic acids is 3. The Morgan fingerprint density at radius 3 is 2.57 bits per heavy atom. The summed E-state index contributed by atoms with van der Waals surface area (Å²) in [6, 6.07) is 6.10. The van der Waals surface area contributed by atoms with Crippen LogP contribution in [0.25, 0.3) is 0 Å². The molecule has 3 saturated heterocycles. The topological polar surface area (TPSA) is 106 Å². The number of anilines is 1. The number of aliphatic hydroxyl groups is 1. The molecule has 3 heterocycles. The summed E-state index contributed by atoms with van der Waals surface area (Å²) < 4.78 is 17.3.